The Morgan fingerprint density at radius 1 is 1.11 bits per heavy atom. The largest absolute Gasteiger partial charge is 0.347 e. The minimum atomic E-state index is -0.248. The lowest BCUT2D eigenvalue weighted by atomic mass is 10.0. The Bertz CT molecular complexity index is 908. The summed E-state index contributed by atoms with van der Waals surface area (Å²) in [5, 5.41) is 6.10. The van der Waals surface area contributed by atoms with Crippen molar-refractivity contribution in [3.63, 3.8) is 0 Å². The van der Waals surface area contributed by atoms with E-state index in [9.17, 15) is 4.79 Å². The van der Waals surface area contributed by atoms with Gasteiger partial charge in [0, 0.05) is 30.7 Å². The lowest BCUT2D eigenvalue weighted by Gasteiger charge is -2.11. The van der Waals surface area contributed by atoms with Crippen molar-refractivity contribution >= 4 is 17.4 Å². The molecule has 0 bridgehead atoms. The van der Waals surface area contributed by atoms with E-state index in [1.807, 2.05) is 24.3 Å². The van der Waals surface area contributed by atoms with E-state index in [0.29, 0.717) is 29.8 Å². The van der Waals surface area contributed by atoms with Gasteiger partial charge in [0.25, 0.3) is 5.91 Å². The Morgan fingerprint density at radius 3 is 2.56 bits per heavy atom. The molecule has 0 saturated heterocycles. The average molecular weight is 361 g/mol. The van der Waals surface area contributed by atoms with Crippen LogP contribution in [0, 0.1) is 6.92 Å². The molecule has 0 spiro atoms. The van der Waals surface area contributed by atoms with Crippen LogP contribution in [0.15, 0.2) is 54.9 Å². The summed E-state index contributed by atoms with van der Waals surface area (Å²) in [7, 11) is 0. The van der Waals surface area contributed by atoms with E-state index in [2.05, 4.69) is 51.6 Å². The molecule has 3 rings (SSSR count). The van der Waals surface area contributed by atoms with Gasteiger partial charge in [-0.1, -0.05) is 32.0 Å². The number of benzene rings is 1. The maximum atomic E-state index is 12.4. The summed E-state index contributed by atoms with van der Waals surface area (Å²) < 4.78 is 0. The second kappa shape index (κ2) is 8.40. The van der Waals surface area contributed by atoms with Crippen molar-refractivity contribution in [2.45, 2.75) is 33.2 Å². The number of rotatable bonds is 6. The molecule has 2 N–H and O–H groups in total. The molecule has 0 atom stereocenters. The first-order chi connectivity index (χ1) is 13.0. The molecule has 6 heteroatoms. The minimum absolute atomic E-state index is 0.248. The lowest BCUT2D eigenvalue weighted by molar-refractivity contribution is 0.0945. The van der Waals surface area contributed by atoms with Crippen LogP contribution in [-0.4, -0.2) is 20.9 Å². The van der Waals surface area contributed by atoms with Crippen molar-refractivity contribution in [2.75, 3.05) is 5.32 Å². The number of carbonyl (C=O) groups is 1. The molecule has 1 aromatic carbocycles. The first-order valence-electron chi connectivity index (χ1n) is 8.91. The highest BCUT2D eigenvalue weighted by Gasteiger charge is 2.11. The van der Waals surface area contributed by atoms with E-state index < -0.39 is 0 Å². The zero-order chi connectivity index (χ0) is 19.2. The van der Waals surface area contributed by atoms with Gasteiger partial charge in [0.05, 0.1) is 0 Å². The Balaban J connectivity index is 1.70. The number of carbonyl (C=O) groups excluding carboxylic acids is 1. The Morgan fingerprint density at radius 2 is 1.89 bits per heavy atom. The standard InChI is InChI=1S/C21H23N5O/c1-14(2)17-6-8-18(9-7-17)26-20-11-19(24-15(3)25-20)21(27)23-13-16-5-4-10-22-12-16/h4-12,14H,13H2,1-3H3,(H,23,27)(H,24,25,26). The topological polar surface area (TPSA) is 79.8 Å². The van der Waals surface area contributed by atoms with Gasteiger partial charge in [-0.05, 0) is 42.2 Å². The molecule has 2 heterocycles. The van der Waals surface area contributed by atoms with E-state index in [-0.39, 0.29) is 5.91 Å². The first-order valence-corrected chi connectivity index (χ1v) is 8.91. The molecule has 2 aromatic heterocycles. The van der Waals surface area contributed by atoms with Crippen LogP contribution in [0.1, 0.15) is 47.2 Å². The molecular formula is C21H23N5O. The normalized spacial score (nSPS) is 10.7. The maximum Gasteiger partial charge on any atom is 0.270 e. The second-order valence-corrected chi connectivity index (χ2v) is 6.63. The number of hydrogen-bond donors (Lipinski definition) is 2. The van der Waals surface area contributed by atoms with Gasteiger partial charge in [0.2, 0.25) is 0 Å². The number of pyridine rings is 1. The number of amides is 1. The highest BCUT2D eigenvalue weighted by molar-refractivity contribution is 5.93. The molecule has 0 aliphatic heterocycles. The lowest BCUT2D eigenvalue weighted by Crippen LogP contribution is -2.24. The third-order valence-electron chi connectivity index (χ3n) is 4.10. The number of nitrogens with one attached hydrogen (secondary N) is 2. The molecular weight excluding hydrogens is 338 g/mol. The second-order valence-electron chi connectivity index (χ2n) is 6.63. The van der Waals surface area contributed by atoms with Crippen LogP contribution in [0.5, 0.6) is 0 Å². The van der Waals surface area contributed by atoms with Crippen LogP contribution in [-0.2, 0) is 6.54 Å². The summed E-state index contributed by atoms with van der Waals surface area (Å²) in [6.45, 7) is 6.49. The van der Waals surface area contributed by atoms with E-state index in [4.69, 9.17) is 0 Å². The molecule has 27 heavy (non-hydrogen) atoms. The summed E-state index contributed by atoms with van der Waals surface area (Å²) in [4.78, 5) is 25.1. The van der Waals surface area contributed by atoms with Gasteiger partial charge < -0.3 is 10.6 Å². The number of anilines is 2. The summed E-state index contributed by atoms with van der Waals surface area (Å²) in [6, 6.07) is 13.6. The average Bonchev–Trinajstić information content (AvgIpc) is 2.67. The number of hydrogen-bond acceptors (Lipinski definition) is 5. The summed E-state index contributed by atoms with van der Waals surface area (Å²) in [6.07, 6.45) is 3.42. The van der Waals surface area contributed by atoms with Crippen molar-refractivity contribution in [3.05, 3.63) is 77.5 Å². The van der Waals surface area contributed by atoms with E-state index in [0.717, 1.165) is 11.3 Å². The van der Waals surface area contributed by atoms with Crippen LogP contribution in [0.2, 0.25) is 0 Å². The fourth-order valence-electron chi connectivity index (χ4n) is 2.62. The first kappa shape index (κ1) is 18.5. The van der Waals surface area contributed by atoms with Crippen LogP contribution in [0.3, 0.4) is 0 Å². The zero-order valence-corrected chi connectivity index (χ0v) is 15.7. The van der Waals surface area contributed by atoms with Gasteiger partial charge in [-0.3, -0.25) is 9.78 Å². The van der Waals surface area contributed by atoms with Gasteiger partial charge in [0.15, 0.2) is 0 Å². The Hall–Kier alpha value is -3.28. The zero-order valence-electron chi connectivity index (χ0n) is 15.7. The number of nitrogens with zero attached hydrogens (tertiary/aromatic N) is 3. The monoisotopic (exact) mass is 361 g/mol. The summed E-state index contributed by atoms with van der Waals surface area (Å²) in [5.74, 6) is 1.36. The molecule has 3 aromatic rings. The van der Waals surface area contributed by atoms with Crippen molar-refractivity contribution in [1.29, 1.82) is 0 Å². The molecule has 0 unspecified atom stereocenters. The molecule has 6 nitrogen and oxygen atoms in total. The fraction of sp³-hybridized carbons (Fsp3) is 0.238. The molecule has 0 saturated carbocycles. The number of aromatic nitrogens is 3. The molecule has 0 aliphatic carbocycles. The van der Waals surface area contributed by atoms with Crippen LogP contribution < -0.4 is 10.6 Å². The Kier molecular flexibility index (Phi) is 5.76. The quantitative estimate of drug-likeness (QED) is 0.694. The maximum absolute atomic E-state index is 12.4. The van der Waals surface area contributed by atoms with E-state index in [1.165, 1.54) is 5.56 Å². The third kappa shape index (κ3) is 5.10. The fourth-order valence-corrected chi connectivity index (χ4v) is 2.62. The van der Waals surface area contributed by atoms with Crippen LogP contribution >= 0.6 is 0 Å². The van der Waals surface area contributed by atoms with E-state index in [1.54, 1.807) is 25.4 Å². The SMILES string of the molecule is Cc1nc(Nc2ccc(C(C)C)cc2)cc(C(=O)NCc2cccnc2)n1. The van der Waals surface area contributed by atoms with Crippen LogP contribution in [0.25, 0.3) is 0 Å². The predicted octanol–water partition coefficient (Wildman–Crippen LogP) is 3.98. The van der Waals surface area contributed by atoms with Gasteiger partial charge in [-0.15, -0.1) is 0 Å². The van der Waals surface area contributed by atoms with Crippen molar-refractivity contribution in [3.8, 4) is 0 Å². The van der Waals surface area contributed by atoms with Crippen molar-refractivity contribution in [2.24, 2.45) is 0 Å². The van der Waals surface area contributed by atoms with Gasteiger partial charge in [-0.2, -0.15) is 0 Å². The van der Waals surface area contributed by atoms with E-state index >= 15 is 0 Å². The molecule has 138 valence electrons. The Labute approximate surface area is 159 Å². The molecule has 0 radical (unpaired) electrons. The molecule has 0 aliphatic rings. The van der Waals surface area contributed by atoms with Crippen molar-refractivity contribution < 1.29 is 4.79 Å². The smallest absolute Gasteiger partial charge is 0.270 e. The minimum Gasteiger partial charge on any atom is -0.347 e. The number of aryl methyl sites for hydroxylation is 1. The van der Waals surface area contributed by atoms with Crippen molar-refractivity contribution in [1.82, 2.24) is 20.3 Å². The summed E-state index contributed by atoms with van der Waals surface area (Å²) >= 11 is 0. The van der Waals surface area contributed by atoms with Gasteiger partial charge >= 0.3 is 0 Å². The summed E-state index contributed by atoms with van der Waals surface area (Å²) in [5.41, 5.74) is 3.45. The van der Waals surface area contributed by atoms with Gasteiger partial charge in [-0.25, -0.2) is 9.97 Å². The third-order valence-corrected chi connectivity index (χ3v) is 4.10. The highest BCUT2D eigenvalue weighted by atomic mass is 16.1. The molecule has 0 fully saturated rings. The highest BCUT2D eigenvalue weighted by Crippen LogP contribution is 2.20. The van der Waals surface area contributed by atoms with Crippen LogP contribution in [0.4, 0.5) is 11.5 Å². The predicted molar refractivity (Wildman–Crippen MR) is 106 cm³/mol. The van der Waals surface area contributed by atoms with Gasteiger partial charge in [0.1, 0.15) is 17.3 Å². The molecule has 1 amide bonds.